The van der Waals surface area contributed by atoms with Gasteiger partial charge in [0.05, 0.1) is 0 Å². The normalized spacial score (nSPS) is 18.3. The molecule has 0 radical (unpaired) electrons. The largest absolute Gasteiger partial charge is 0.0622 e. The van der Waals surface area contributed by atoms with Crippen LogP contribution in [0.2, 0.25) is 0 Å². The van der Waals surface area contributed by atoms with Crippen molar-refractivity contribution in [2.45, 2.75) is 25.7 Å². The van der Waals surface area contributed by atoms with Crippen LogP contribution in [0.1, 0.15) is 25.7 Å². The van der Waals surface area contributed by atoms with E-state index in [9.17, 15) is 0 Å². The Hall–Kier alpha value is -2.26. The van der Waals surface area contributed by atoms with Crippen LogP contribution in [0.4, 0.5) is 0 Å². The molecule has 1 fully saturated rings. The zero-order valence-electron chi connectivity index (χ0n) is 19.8. The van der Waals surface area contributed by atoms with Crippen molar-refractivity contribution in [3.8, 4) is 0 Å². The summed E-state index contributed by atoms with van der Waals surface area (Å²) in [6, 6.07) is 45.2. The molecule has 0 aromatic heterocycles. The molecule has 1 aliphatic carbocycles. The van der Waals surface area contributed by atoms with Crippen LogP contribution in [0.5, 0.6) is 0 Å². The topological polar surface area (TPSA) is 0 Å². The SMILES string of the molecule is c1ccc(P(CC2CCCCC2CP(c2ccccc2)c2ccccc2)c2ccccc2)cc1. The maximum absolute atomic E-state index is 2.36. The van der Waals surface area contributed by atoms with Crippen LogP contribution in [0, 0.1) is 11.8 Å². The second kappa shape index (κ2) is 11.9. The van der Waals surface area contributed by atoms with E-state index in [-0.39, 0.29) is 15.8 Å². The van der Waals surface area contributed by atoms with Gasteiger partial charge in [-0.05, 0) is 74.1 Å². The molecule has 4 aromatic rings. The Balaban J connectivity index is 1.43. The summed E-state index contributed by atoms with van der Waals surface area (Å²) in [6.07, 6.45) is 8.19. The van der Waals surface area contributed by atoms with Gasteiger partial charge in [-0.2, -0.15) is 0 Å². The zero-order valence-corrected chi connectivity index (χ0v) is 21.6. The van der Waals surface area contributed by atoms with E-state index in [4.69, 9.17) is 0 Å². The average Bonchev–Trinajstić information content (AvgIpc) is 2.93. The van der Waals surface area contributed by atoms with Crippen molar-refractivity contribution in [3.63, 3.8) is 0 Å². The summed E-state index contributed by atoms with van der Waals surface area (Å²) >= 11 is 0. The first kappa shape index (κ1) is 23.5. The molecule has 1 saturated carbocycles. The molecule has 2 unspecified atom stereocenters. The van der Waals surface area contributed by atoms with Crippen LogP contribution >= 0.6 is 15.8 Å². The maximum Gasteiger partial charge on any atom is -0.0195 e. The van der Waals surface area contributed by atoms with Gasteiger partial charge in [-0.25, -0.2) is 0 Å². The van der Waals surface area contributed by atoms with E-state index < -0.39 is 0 Å². The van der Waals surface area contributed by atoms with E-state index in [1.807, 2.05) is 0 Å². The van der Waals surface area contributed by atoms with Crippen LogP contribution in [0.15, 0.2) is 121 Å². The van der Waals surface area contributed by atoms with E-state index in [1.165, 1.54) is 59.2 Å². The summed E-state index contributed by atoms with van der Waals surface area (Å²) in [5, 5.41) is 6.12. The molecule has 0 spiro atoms. The number of hydrogen-bond acceptors (Lipinski definition) is 0. The molecular weight excluding hydrogens is 446 g/mol. The average molecular weight is 481 g/mol. The van der Waals surface area contributed by atoms with E-state index in [0.717, 1.165) is 11.8 Å². The minimum absolute atomic E-state index is 0.327. The molecule has 0 bridgehead atoms. The zero-order chi connectivity index (χ0) is 23.0. The Morgan fingerprint density at radius 1 is 0.412 bits per heavy atom. The fraction of sp³-hybridized carbons (Fsp3) is 0.250. The monoisotopic (exact) mass is 480 g/mol. The summed E-state index contributed by atoms with van der Waals surface area (Å²) < 4.78 is 0. The van der Waals surface area contributed by atoms with Gasteiger partial charge >= 0.3 is 0 Å². The third-order valence-electron chi connectivity index (χ3n) is 7.17. The lowest BCUT2D eigenvalue weighted by molar-refractivity contribution is 0.285. The predicted octanol–water partition coefficient (Wildman–Crippen LogP) is 7.06. The molecule has 0 aliphatic heterocycles. The molecule has 1 aliphatic rings. The molecule has 4 aromatic carbocycles. The quantitative estimate of drug-likeness (QED) is 0.237. The Kier molecular flexibility index (Phi) is 8.24. The highest BCUT2D eigenvalue weighted by molar-refractivity contribution is 7.73. The summed E-state index contributed by atoms with van der Waals surface area (Å²) in [4.78, 5) is 0. The molecule has 172 valence electrons. The first-order chi connectivity index (χ1) is 16.9. The standard InChI is InChI=1S/C32H34P2/c1-5-17-29(18-6-1)33(30-19-7-2-8-20-30)25-27-15-13-14-16-28(27)26-34(31-21-9-3-10-22-31)32-23-11-4-12-24-32/h1-12,17-24,27-28H,13-16,25-26H2. The molecule has 2 heteroatoms. The van der Waals surface area contributed by atoms with Crippen molar-refractivity contribution in [2.75, 3.05) is 12.3 Å². The maximum atomic E-state index is 2.36. The second-order valence-corrected chi connectivity index (χ2v) is 13.9. The molecule has 0 heterocycles. The molecule has 0 saturated heterocycles. The van der Waals surface area contributed by atoms with Crippen LogP contribution in [-0.4, -0.2) is 12.3 Å². The van der Waals surface area contributed by atoms with Gasteiger partial charge < -0.3 is 0 Å². The summed E-state index contributed by atoms with van der Waals surface area (Å²) in [6.45, 7) is 0. The Morgan fingerprint density at radius 2 is 0.676 bits per heavy atom. The van der Waals surface area contributed by atoms with E-state index in [2.05, 4.69) is 121 Å². The van der Waals surface area contributed by atoms with Gasteiger partial charge in [-0.1, -0.05) is 134 Å². The van der Waals surface area contributed by atoms with E-state index in [0.29, 0.717) is 0 Å². The molecular formula is C32H34P2. The Morgan fingerprint density at radius 3 is 0.941 bits per heavy atom. The van der Waals surface area contributed by atoms with Crippen molar-refractivity contribution in [1.82, 2.24) is 0 Å². The van der Waals surface area contributed by atoms with Gasteiger partial charge in [0.1, 0.15) is 0 Å². The second-order valence-electron chi connectivity index (χ2n) is 9.37. The molecule has 34 heavy (non-hydrogen) atoms. The first-order valence-electron chi connectivity index (χ1n) is 12.6. The minimum Gasteiger partial charge on any atom is -0.0622 e. The van der Waals surface area contributed by atoms with Crippen LogP contribution in [-0.2, 0) is 0 Å². The smallest absolute Gasteiger partial charge is 0.0195 e. The number of hydrogen-bond donors (Lipinski definition) is 0. The highest BCUT2D eigenvalue weighted by Gasteiger charge is 2.31. The lowest BCUT2D eigenvalue weighted by atomic mass is 9.81. The molecule has 0 nitrogen and oxygen atoms in total. The Bertz CT molecular complexity index is 941. The first-order valence-corrected chi connectivity index (χ1v) is 15.7. The van der Waals surface area contributed by atoms with E-state index >= 15 is 0 Å². The van der Waals surface area contributed by atoms with Crippen LogP contribution in [0.25, 0.3) is 0 Å². The van der Waals surface area contributed by atoms with Gasteiger partial charge in [0, 0.05) is 0 Å². The van der Waals surface area contributed by atoms with Gasteiger partial charge in [-0.3, -0.25) is 0 Å². The van der Waals surface area contributed by atoms with Crippen molar-refractivity contribution in [3.05, 3.63) is 121 Å². The molecule has 0 amide bonds. The van der Waals surface area contributed by atoms with Crippen LogP contribution in [0.3, 0.4) is 0 Å². The lowest BCUT2D eigenvalue weighted by Gasteiger charge is -2.37. The summed E-state index contributed by atoms with van der Waals surface area (Å²) in [5.74, 6) is 1.61. The van der Waals surface area contributed by atoms with Crippen molar-refractivity contribution < 1.29 is 0 Å². The fourth-order valence-electron chi connectivity index (χ4n) is 5.39. The molecule has 5 rings (SSSR count). The Labute approximate surface area is 208 Å². The van der Waals surface area contributed by atoms with Gasteiger partial charge in [0.15, 0.2) is 0 Å². The third kappa shape index (κ3) is 5.86. The van der Waals surface area contributed by atoms with Crippen molar-refractivity contribution in [1.29, 1.82) is 0 Å². The fourth-order valence-corrected chi connectivity index (χ4v) is 10.9. The van der Waals surface area contributed by atoms with E-state index in [1.54, 1.807) is 0 Å². The number of rotatable bonds is 8. The summed E-state index contributed by atoms with van der Waals surface area (Å²) in [5.41, 5.74) is 0. The van der Waals surface area contributed by atoms with Gasteiger partial charge in [0.25, 0.3) is 0 Å². The highest BCUT2D eigenvalue weighted by atomic mass is 31.1. The predicted molar refractivity (Wildman–Crippen MR) is 153 cm³/mol. The number of benzene rings is 4. The lowest BCUT2D eigenvalue weighted by Crippen LogP contribution is -2.30. The van der Waals surface area contributed by atoms with Crippen molar-refractivity contribution in [2.24, 2.45) is 11.8 Å². The third-order valence-corrected chi connectivity index (χ3v) is 12.5. The molecule has 2 atom stereocenters. The van der Waals surface area contributed by atoms with Gasteiger partial charge in [0.2, 0.25) is 0 Å². The minimum atomic E-state index is -0.327. The van der Waals surface area contributed by atoms with Crippen LogP contribution < -0.4 is 21.2 Å². The molecule has 0 N–H and O–H groups in total. The van der Waals surface area contributed by atoms with Crippen molar-refractivity contribution >= 4 is 37.1 Å². The van der Waals surface area contributed by atoms with Gasteiger partial charge in [-0.15, -0.1) is 0 Å². The highest BCUT2D eigenvalue weighted by Crippen LogP contribution is 2.47. The summed E-state index contributed by atoms with van der Waals surface area (Å²) in [7, 11) is -0.653.